The monoisotopic (exact) mass is 282 g/mol. The minimum atomic E-state index is 0.703. The summed E-state index contributed by atoms with van der Waals surface area (Å²) in [7, 11) is 0. The second kappa shape index (κ2) is 5.30. The number of hydrogen-bond donors (Lipinski definition) is 1. The van der Waals surface area contributed by atoms with Crippen molar-refractivity contribution in [2.45, 2.75) is 26.2 Å². The van der Waals surface area contributed by atoms with Crippen molar-refractivity contribution in [2.24, 2.45) is 0 Å². The van der Waals surface area contributed by atoms with Gasteiger partial charge in [0.05, 0.1) is 0 Å². The minimum Gasteiger partial charge on any atom is -0.353 e. The average molecular weight is 283 g/mol. The van der Waals surface area contributed by atoms with Crippen LogP contribution in [-0.4, -0.2) is 21.1 Å². The summed E-state index contributed by atoms with van der Waals surface area (Å²) in [4.78, 5) is 4.37. The van der Waals surface area contributed by atoms with Crippen LogP contribution < -0.4 is 5.32 Å². The summed E-state index contributed by atoms with van der Waals surface area (Å²) < 4.78 is 2.77. The van der Waals surface area contributed by atoms with Crippen LogP contribution in [0.15, 0.2) is 22.8 Å². The second-order valence-corrected chi connectivity index (χ2v) is 4.64. The lowest BCUT2D eigenvalue weighted by atomic mass is 10.2. The smallest absolute Gasteiger partial charge is 0.243 e. The van der Waals surface area contributed by atoms with Crippen molar-refractivity contribution in [3.05, 3.63) is 22.8 Å². The van der Waals surface area contributed by atoms with Crippen LogP contribution in [0.3, 0.4) is 0 Å². The average Bonchev–Trinajstić information content (AvgIpc) is 2.66. The lowest BCUT2D eigenvalue weighted by molar-refractivity contribution is 0.740. The molecule has 0 aliphatic rings. The molecule has 0 spiro atoms. The largest absolute Gasteiger partial charge is 0.353 e. The van der Waals surface area contributed by atoms with E-state index in [0.29, 0.717) is 5.95 Å². The second-order valence-electron chi connectivity index (χ2n) is 3.72. The molecule has 4 nitrogen and oxygen atoms in total. The lowest BCUT2D eigenvalue weighted by Gasteiger charge is -1.98. The molecule has 0 unspecified atom stereocenters. The molecule has 16 heavy (non-hydrogen) atoms. The van der Waals surface area contributed by atoms with E-state index in [-0.39, 0.29) is 0 Å². The number of fused-ring (bicyclic) bond motifs is 1. The Morgan fingerprint density at radius 1 is 1.38 bits per heavy atom. The Bertz CT molecular complexity index is 466. The molecule has 0 atom stereocenters. The van der Waals surface area contributed by atoms with Gasteiger partial charge >= 0.3 is 0 Å². The van der Waals surface area contributed by atoms with Crippen molar-refractivity contribution in [1.29, 1.82) is 0 Å². The molecule has 0 bridgehead atoms. The first-order valence-corrected chi connectivity index (χ1v) is 6.34. The Kier molecular flexibility index (Phi) is 3.77. The Hall–Kier alpha value is -1.10. The third-order valence-corrected chi connectivity index (χ3v) is 2.83. The molecular formula is C11H15BrN4. The van der Waals surface area contributed by atoms with Crippen molar-refractivity contribution in [2.75, 3.05) is 11.9 Å². The van der Waals surface area contributed by atoms with Gasteiger partial charge in [0.25, 0.3) is 0 Å². The summed E-state index contributed by atoms with van der Waals surface area (Å²) in [5.41, 5.74) is 0.862. The number of anilines is 1. The Morgan fingerprint density at radius 2 is 2.25 bits per heavy atom. The normalized spacial score (nSPS) is 10.9. The number of hydrogen-bond acceptors (Lipinski definition) is 3. The molecule has 0 fully saturated rings. The van der Waals surface area contributed by atoms with Gasteiger partial charge in [0.15, 0.2) is 5.65 Å². The fourth-order valence-electron chi connectivity index (χ4n) is 1.51. The fraction of sp³-hybridized carbons (Fsp3) is 0.455. The molecule has 86 valence electrons. The highest BCUT2D eigenvalue weighted by molar-refractivity contribution is 9.10. The Morgan fingerprint density at radius 3 is 3.06 bits per heavy atom. The first-order chi connectivity index (χ1) is 7.79. The summed E-state index contributed by atoms with van der Waals surface area (Å²) in [6.45, 7) is 3.13. The van der Waals surface area contributed by atoms with Gasteiger partial charge in [0, 0.05) is 17.2 Å². The van der Waals surface area contributed by atoms with Gasteiger partial charge in [-0.3, -0.25) is 0 Å². The molecule has 5 heteroatoms. The molecular weight excluding hydrogens is 268 g/mol. The summed E-state index contributed by atoms with van der Waals surface area (Å²) >= 11 is 3.41. The van der Waals surface area contributed by atoms with E-state index in [4.69, 9.17) is 0 Å². The van der Waals surface area contributed by atoms with Crippen molar-refractivity contribution in [1.82, 2.24) is 14.6 Å². The zero-order chi connectivity index (χ0) is 11.4. The van der Waals surface area contributed by atoms with E-state index >= 15 is 0 Å². The molecule has 0 saturated heterocycles. The number of nitrogens with zero attached hydrogens (tertiary/aromatic N) is 3. The molecule has 0 saturated carbocycles. The number of aromatic nitrogens is 3. The number of pyridine rings is 1. The van der Waals surface area contributed by atoms with Gasteiger partial charge in [-0.15, -0.1) is 5.10 Å². The van der Waals surface area contributed by atoms with Crippen LogP contribution in [0.5, 0.6) is 0 Å². The number of halogens is 1. The standard InChI is InChI=1S/C11H15BrN4/c1-2-3-4-7-13-11-14-10-6-5-9(12)8-16(10)15-11/h5-6,8H,2-4,7H2,1H3,(H,13,15). The predicted molar refractivity (Wildman–Crippen MR) is 68.7 cm³/mol. The molecule has 0 aliphatic carbocycles. The van der Waals surface area contributed by atoms with E-state index < -0.39 is 0 Å². The van der Waals surface area contributed by atoms with Gasteiger partial charge in [-0.1, -0.05) is 19.8 Å². The highest BCUT2D eigenvalue weighted by atomic mass is 79.9. The summed E-state index contributed by atoms with van der Waals surface area (Å²) in [6, 6.07) is 3.90. The van der Waals surface area contributed by atoms with E-state index in [1.165, 1.54) is 12.8 Å². The fourth-order valence-corrected chi connectivity index (χ4v) is 1.83. The number of nitrogens with one attached hydrogen (secondary N) is 1. The SMILES string of the molecule is CCCCCNc1nc2ccc(Br)cn2n1. The quantitative estimate of drug-likeness (QED) is 0.857. The van der Waals surface area contributed by atoms with Crippen LogP contribution in [0.1, 0.15) is 26.2 Å². The first kappa shape index (κ1) is 11.4. The molecule has 2 aromatic rings. The van der Waals surface area contributed by atoms with E-state index in [1.807, 2.05) is 18.3 Å². The maximum atomic E-state index is 4.37. The minimum absolute atomic E-state index is 0.703. The molecule has 0 aromatic carbocycles. The Labute approximate surface area is 103 Å². The van der Waals surface area contributed by atoms with Gasteiger partial charge < -0.3 is 5.32 Å². The molecule has 0 amide bonds. The summed E-state index contributed by atoms with van der Waals surface area (Å²) in [5, 5.41) is 7.57. The highest BCUT2D eigenvalue weighted by Crippen LogP contribution is 2.12. The van der Waals surface area contributed by atoms with Crippen LogP contribution in [-0.2, 0) is 0 Å². The van der Waals surface area contributed by atoms with Crippen molar-refractivity contribution in [3.63, 3.8) is 0 Å². The third kappa shape index (κ3) is 2.72. The van der Waals surface area contributed by atoms with Gasteiger partial charge in [-0.05, 0) is 34.5 Å². The highest BCUT2D eigenvalue weighted by Gasteiger charge is 2.02. The van der Waals surface area contributed by atoms with Crippen LogP contribution in [0.2, 0.25) is 0 Å². The molecule has 0 radical (unpaired) electrons. The molecule has 1 N–H and O–H groups in total. The van der Waals surface area contributed by atoms with Crippen LogP contribution in [0, 0.1) is 0 Å². The van der Waals surface area contributed by atoms with Crippen LogP contribution in [0.4, 0.5) is 5.95 Å². The first-order valence-electron chi connectivity index (χ1n) is 5.55. The van der Waals surface area contributed by atoms with Gasteiger partial charge in [-0.2, -0.15) is 4.98 Å². The predicted octanol–water partition coefficient (Wildman–Crippen LogP) is 3.09. The number of rotatable bonds is 5. The zero-order valence-electron chi connectivity index (χ0n) is 9.28. The van der Waals surface area contributed by atoms with E-state index in [9.17, 15) is 0 Å². The molecule has 2 aromatic heterocycles. The molecule has 2 rings (SSSR count). The van der Waals surface area contributed by atoms with Crippen LogP contribution in [0.25, 0.3) is 5.65 Å². The third-order valence-electron chi connectivity index (χ3n) is 2.36. The van der Waals surface area contributed by atoms with E-state index in [2.05, 4.69) is 38.3 Å². The van der Waals surface area contributed by atoms with E-state index in [1.54, 1.807) is 4.52 Å². The lowest BCUT2D eigenvalue weighted by Crippen LogP contribution is -2.02. The maximum absolute atomic E-state index is 4.37. The molecule has 2 heterocycles. The van der Waals surface area contributed by atoms with Gasteiger partial charge in [-0.25, -0.2) is 4.52 Å². The van der Waals surface area contributed by atoms with E-state index in [0.717, 1.165) is 23.1 Å². The van der Waals surface area contributed by atoms with Crippen molar-refractivity contribution < 1.29 is 0 Å². The molecule has 0 aliphatic heterocycles. The topological polar surface area (TPSA) is 42.2 Å². The number of unbranched alkanes of at least 4 members (excludes halogenated alkanes) is 2. The summed E-state index contributed by atoms with van der Waals surface area (Å²) in [6.07, 6.45) is 5.54. The van der Waals surface area contributed by atoms with Crippen LogP contribution >= 0.6 is 15.9 Å². The zero-order valence-corrected chi connectivity index (χ0v) is 10.9. The van der Waals surface area contributed by atoms with Gasteiger partial charge in [0.2, 0.25) is 5.95 Å². The maximum Gasteiger partial charge on any atom is 0.243 e. The summed E-state index contributed by atoms with van der Waals surface area (Å²) in [5.74, 6) is 0.703. The van der Waals surface area contributed by atoms with Crippen molar-refractivity contribution in [3.8, 4) is 0 Å². The van der Waals surface area contributed by atoms with Gasteiger partial charge in [0.1, 0.15) is 0 Å². The Balaban J connectivity index is 2.02. The van der Waals surface area contributed by atoms with Crippen molar-refractivity contribution >= 4 is 27.5 Å².